The van der Waals surface area contributed by atoms with Gasteiger partial charge in [-0.05, 0) is 48.9 Å². The summed E-state index contributed by atoms with van der Waals surface area (Å²) in [5, 5.41) is 12.6. The number of hydrogen-bond acceptors (Lipinski definition) is 3. The van der Waals surface area contributed by atoms with Crippen molar-refractivity contribution in [1.29, 1.82) is 0 Å². The lowest BCUT2D eigenvalue weighted by Crippen LogP contribution is -2.40. The minimum atomic E-state index is -1.20. The van der Waals surface area contributed by atoms with E-state index in [-0.39, 0.29) is 0 Å². The summed E-state index contributed by atoms with van der Waals surface area (Å²) < 4.78 is 0.944. The van der Waals surface area contributed by atoms with E-state index in [2.05, 4.69) is 26.2 Å². The molecule has 1 aromatic carbocycles. The van der Waals surface area contributed by atoms with Crippen LogP contribution in [0.4, 0.5) is 5.69 Å². The van der Waals surface area contributed by atoms with Crippen molar-refractivity contribution in [2.45, 2.75) is 12.5 Å². The Morgan fingerprint density at radius 3 is 2.32 bits per heavy atom. The lowest BCUT2D eigenvalue weighted by atomic mass is 9.92. The van der Waals surface area contributed by atoms with Crippen molar-refractivity contribution < 1.29 is 9.90 Å². The molecule has 1 heterocycles. The molecule has 0 spiro atoms. The van der Waals surface area contributed by atoms with Crippen molar-refractivity contribution in [2.75, 3.05) is 5.32 Å². The van der Waals surface area contributed by atoms with E-state index in [0.29, 0.717) is 5.56 Å². The monoisotopic (exact) mass is 320 g/mol. The van der Waals surface area contributed by atoms with Crippen molar-refractivity contribution in [1.82, 2.24) is 4.98 Å². The van der Waals surface area contributed by atoms with Crippen LogP contribution in [-0.4, -0.2) is 16.1 Å². The predicted molar refractivity (Wildman–Crippen MR) is 77.0 cm³/mol. The summed E-state index contributed by atoms with van der Waals surface area (Å²) in [6.45, 7) is 1.63. The summed E-state index contributed by atoms with van der Waals surface area (Å²) >= 11 is 3.35. The Kier molecular flexibility index (Phi) is 3.85. The second-order valence-electron chi connectivity index (χ2n) is 4.30. The Labute approximate surface area is 119 Å². The fraction of sp³-hybridized carbons (Fsp3) is 0.143. The first-order valence-corrected chi connectivity index (χ1v) is 6.49. The van der Waals surface area contributed by atoms with Gasteiger partial charge in [-0.1, -0.05) is 15.9 Å². The molecule has 0 amide bonds. The Hall–Kier alpha value is -1.88. The molecule has 1 unspecified atom stereocenters. The van der Waals surface area contributed by atoms with Crippen LogP contribution in [0.25, 0.3) is 0 Å². The zero-order valence-corrected chi connectivity index (χ0v) is 11.9. The molecule has 0 radical (unpaired) electrons. The highest BCUT2D eigenvalue weighted by atomic mass is 79.9. The van der Waals surface area contributed by atoms with Crippen LogP contribution in [-0.2, 0) is 10.3 Å². The Morgan fingerprint density at radius 1 is 1.21 bits per heavy atom. The highest BCUT2D eigenvalue weighted by molar-refractivity contribution is 9.10. The van der Waals surface area contributed by atoms with E-state index in [0.717, 1.165) is 10.2 Å². The number of anilines is 1. The predicted octanol–water partition coefficient (Wildman–Crippen LogP) is 3.26. The van der Waals surface area contributed by atoms with E-state index in [4.69, 9.17) is 0 Å². The minimum Gasteiger partial charge on any atom is -0.479 e. The van der Waals surface area contributed by atoms with Gasteiger partial charge in [-0.2, -0.15) is 0 Å². The molecule has 0 bridgehead atoms. The molecule has 1 aromatic heterocycles. The Balaban J connectivity index is 2.36. The normalized spacial score (nSPS) is 13.6. The van der Waals surface area contributed by atoms with Crippen LogP contribution >= 0.6 is 15.9 Å². The number of nitrogens with zero attached hydrogens (tertiary/aromatic N) is 1. The summed E-state index contributed by atoms with van der Waals surface area (Å²) in [4.78, 5) is 15.5. The third-order valence-electron chi connectivity index (χ3n) is 2.92. The summed E-state index contributed by atoms with van der Waals surface area (Å²) in [6, 6.07) is 10.8. The van der Waals surface area contributed by atoms with Gasteiger partial charge in [0, 0.05) is 22.6 Å². The first kappa shape index (κ1) is 13.5. The SMILES string of the molecule is CC(Nc1ccc(Br)cc1)(C(=O)O)c1ccncc1. The summed E-state index contributed by atoms with van der Waals surface area (Å²) in [7, 11) is 0. The fourth-order valence-corrected chi connectivity index (χ4v) is 2.02. The van der Waals surface area contributed by atoms with Crippen LogP contribution in [0.3, 0.4) is 0 Å². The molecule has 19 heavy (non-hydrogen) atoms. The highest BCUT2D eigenvalue weighted by Gasteiger charge is 2.35. The number of benzene rings is 1. The average Bonchev–Trinajstić information content (AvgIpc) is 2.42. The molecule has 2 aromatic rings. The number of nitrogens with one attached hydrogen (secondary N) is 1. The largest absolute Gasteiger partial charge is 0.479 e. The first-order chi connectivity index (χ1) is 9.02. The quantitative estimate of drug-likeness (QED) is 0.907. The fourth-order valence-electron chi connectivity index (χ4n) is 1.76. The average molecular weight is 321 g/mol. The Morgan fingerprint density at radius 2 is 1.79 bits per heavy atom. The topological polar surface area (TPSA) is 62.2 Å². The van der Waals surface area contributed by atoms with Crippen molar-refractivity contribution in [2.24, 2.45) is 0 Å². The highest BCUT2D eigenvalue weighted by Crippen LogP contribution is 2.27. The van der Waals surface area contributed by atoms with Crippen molar-refractivity contribution >= 4 is 27.6 Å². The first-order valence-electron chi connectivity index (χ1n) is 5.70. The van der Waals surface area contributed by atoms with Gasteiger partial charge in [0.2, 0.25) is 0 Å². The summed E-state index contributed by atoms with van der Waals surface area (Å²) in [6.07, 6.45) is 3.17. The molecular formula is C14H13BrN2O2. The standard InChI is InChI=1S/C14H13BrN2O2/c1-14(13(18)19,10-6-8-16-9-7-10)17-12-4-2-11(15)3-5-12/h2-9,17H,1H3,(H,18,19). The van der Waals surface area contributed by atoms with Crippen LogP contribution in [0.1, 0.15) is 12.5 Å². The minimum absolute atomic E-state index is 0.651. The van der Waals surface area contributed by atoms with Crippen molar-refractivity contribution in [3.63, 3.8) is 0 Å². The number of aliphatic carboxylic acids is 1. The molecule has 0 saturated heterocycles. The summed E-state index contributed by atoms with van der Waals surface area (Å²) in [5.41, 5.74) is 0.194. The number of carboxylic acids is 1. The molecule has 5 heteroatoms. The number of halogens is 1. The van der Waals surface area contributed by atoms with Crippen molar-refractivity contribution in [3.05, 3.63) is 58.8 Å². The number of rotatable bonds is 4. The number of carbonyl (C=O) groups is 1. The third kappa shape index (κ3) is 2.93. The zero-order valence-electron chi connectivity index (χ0n) is 10.3. The lowest BCUT2D eigenvalue weighted by molar-refractivity contribution is -0.142. The lowest BCUT2D eigenvalue weighted by Gasteiger charge is -2.27. The van der Waals surface area contributed by atoms with Gasteiger partial charge in [0.1, 0.15) is 0 Å². The van der Waals surface area contributed by atoms with E-state index < -0.39 is 11.5 Å². The number of pyridine rings is 1. The van der Waals surface area contributed by atoms with Crippen molar-refractivity contribution in [3.8, 4) is 0 Å². The molecule has 0 aliphatic carbocycles. The molecule has 1 atom stereocenters. The summed E-state index contributed by atoms with van der Waals surface area (Å²) in [5.74, 6) is -0.943. The van der Waals surface area contributed by atoms with E-state index in [1.165, 1.54) is 0 Å². The number of hydrogen-bond donors (Lipinski definition) is 2. The maximum atomic E-state index is 11.6. The van der Waals surface area contributed by atoms with E-state index in [1.54, 1.807) is 31.5 Å². The van der Waals surface area contributed by atoms with Gasteiger partial charge in [-0.3, -0.25) is 4.98 Å². The van der Waals surface area contributed by atoms with E-state index in [1.807, 2.05) is 24.3 Å². The van der Waals surface area contributed by atoms with Crippen LogP contribution in [0.2, 0.25) is 0 Å². The second-order valence-corrected chi connectivity index (χ2v) is 5.21. The van der Waals surface area contributed by atoms with Crippen LogP contribution in [0, 0.1) is 0 Å². The molecule has 0 fully saturated rings. The second kappa shape index (κ2) is 5.40. The van der Waals surface area contributed by atoms with Crippen LogP contribution < -0.4 is 5.32 Å². The van der Waals surface area contributed by atoms with Gasteiger partial charge in [0.05, 0.1) is 0 Å². The van der Waals surface area contributed by atoms with E-state index in [9.17, 15) is 9.90 Å². The van der Waals surface area contributed by atoms with Crippen LogP contribution in [0.5, 0.6) is 0 Å². The number of carboxylic acid groups (broad SMARTS) is 1. The van der Waals surface area contributed by atoms with Crippen LogP contribution in [0.15, 0.2) is 53.3 Å². The van der Waals surface area contributed by atoms with E-state index >= 15 is 0 Å². The maximum Gasteiger partial charge on any atom is 0.333 e. The van der Waals surface area contributed by atoms with Gasteiger partial charge in [0.25, 0.3) is 0 Å². The van der Waals surface area contributed by atoms with Gasteiger partial charge in [0.15, 0.2) is 5.54 Å². The third-order valence-corrected chi connectivity index (χ3v) is 3.45. The molecule has 98 valence electrons. The van der Waals surface area contributed by atoms with Gasteiger partial charge in [-0.25, -0.2) is 4.79 Å². The molecule has 4 nitrogen and oxygen atoms in total. The zero-order chi connectivity index (χ0) is 13.9. The van der Waals surface area contributed by atoms with Gasteiger partial charge >= 0.3 is 5.97 Å². The molecule has 0 aliphatic rings. The van der Waals surface area contributed by atoms with Gasteiger partial charge in [-0.15, -0.1) is 0 Å². The molecule has 2 N–H and O–H groups in total. The Bertz CT molecular complexity index is 572. The molecule has 0 saturated carbocycles. The molecular weight excluding hydrogens is 308 g/mol. The molecule has 2 rings (SSSR count). The molecule has 0 aliphatic heterocycles. The smallest absolute Gasteiger partial charge is 0.333 e. The maximum absolute atomic E-state index is 11.6. The van der Waals surface area contributed by atoms with Gasteiger partial charge < -0.3 is 10.4 Å². The number of aromatic nitrogens is 1.